The van der Waals surface area contributed by atoms with Gasteiger partial charge in [-0.2, -0.15) is 0 Å². The number of nitrogens with one attached hydrogen (secondary N) is 2. The SMILES string of the molecule is COc1ccc(CCNS(=O)(=O)c2ccc(OCC(=O)NCCCn3ccnc3)cc2)cc1OC. The van der Waals surface area contributed by atoms with Gasteiger partial charge in [-0.3, -0.25) is 4.79 Å². The standard InChI is InChI=1S/C24H30N4O6S/c1-32-22-9-4-19(16-23(22)33-2)10-12-27-35(30,31)21-7-5-20(6-8-21)34-17-24(29)26-11-3-14-28-15-13-25-18-28/h4-9,13,15-16,18,27H,3,10-12,14,17H2,1-2H3,(H,26,29). The summed E-state index contributed by atoms with van der Waals surface area (Å²) in [4.78, 5) is 16.0. The van der Waals surface area contributed by atoms with Gasteiger partial charge in [-0.1, -0.05) is 6.07 Å². The number of methoxy groups -OCH3 is 2. The first-order chi connectivity index (χ1) is 16.9. The third-order valence-electron chi connectivity index (χ3n) is 5.13. The smallest absolute Gasteiger partial charge is 0.257 e. The summed E-state index contributed by atoms with van der Waals surface area (Å²) in [5.74, 6) is 1.36. The molecule has 0 fully saturated rings. The van der Waals surface area contributed by atoms with Gasteiger partial charge < -0.3 is 24.1 Å². The predicted octanol–water partition coefficient (Wildman–Crippen LogP) is 2.01. The Balaban J connectivity index is 1.41. The second-order valence-electron chi connectivity index (χ2n) is 7.60. The molecule has 0 bridgehead atoms. The number of imidazole rings is 1. The lowest BCUT2D eigenvalue weighted by atomic mass is 10.1. The first kappa shape index (κ1) is 26.0. The van der Waals surface area contributed by atoms with Gasteiger partial charge in [0.05, 0.1) is 25.4 Å². The van der Waals surface area contributed by atoms with Crippen molar-refractivity contribution < 1.29 is 27.4 Å². The number of amides is 1. The maximum absolute atomic E-state index is 12.6. The van der Waals surface area contributed by atoms with Crippen LogP contribution >= 0.6 is 0 Å². The van der Waals surface area contributed by atoms with E-state index in [-0.39, 0.29) is 24.0 Å². The summed E-state index contributed by atoms with van der Waals surface area (Å²) in [6.07, 6.45) is 6.55. The Morgan fingerprint density at radius 3 is 2.49 bits per heavy atom. The number of nitrogens with zero attached hydrogens (tertiary/aromatic N) is 2. The molecule has 35 heavy (non-hydrogen) atoms. The summed E-state index contributed by atoms with van der Waals surface area (Å²) >= 11 is 0. The van der Waals surface area contributed by atoms with E-state index in [4.69, 9.17) is 14.2 Å². The Bertz CT molecular complexity index is 1180. The van der Waals surface area contributed by atoms with Crippen LogP contribution in [0.5, 0.6) is 17.2 Å². The summed E-state index contributed by atoms with van der Waals surface area (Å²) in [6.45, 7) is 1.35. The number of aryl methyl sites for hydroxylation is 1. The van der Waals surface area contributed by atoms with Crippen molar-refractivity contribution in [3.05, 3.63) is 66.7 Å². The molecular weight excluding hydrogens is 472 g/mol. The summed E-state index contributed by atoms with van der Waals surface area (Å²) < 4.78 is 45.6. The molecule has 0 spiro atoms. The number of hydrogen-bond acceptors (Lipinski definition) is 7. The average Bonchev–Trinajstić information content (AvgIpc) is 3.39. The van der Waals surface area contributed by atoms with Gasteiger partial charge in [-0.25, -0.2) is 18.1 Å². The minimum Gasteiger partial charge on any atom is -0.493 e. The fourth-order valence-electron chi connectivity index (χ4n) is 3.27. The molecule has 0 aliphatic heterocycles. The topological polar surface area (TPSA) is 121 Å². The summed E-state index contributed by atoms with van der Waals surface area (Å²) in [7, 11) is -0.579. The van der Waals surface area contributed by atoms with Crippen LogP contribution in [0.2, 0.25) is 0 Å². The molecule has 1 amide bonds. The van der Waals surface area contributed by atoms with Gasteiger partial charge in [0, 0.05) is 32.0 Å². The molecule has 0 saturated heterocycles. The Morgan fingerprint density at radius 1 is 1.03 bits per heavy atom. The highest BCUT2D eigenvalue weighted by molar-refractivity contribution is 7.89. The summed E-state index contributed by atoms with van der Waals surface area (Å²) in [6, 6.07) is 11.4. The van der Waals surface area contributed by atoms with Gasteiger partial charge in [-0.05, 0) is 54.8 Å². The molecule has 0 aliphatic rings. The number of carbonyl (C=O) groups is 1. The van der Waals surface area contributed by atoms with Crippen molar-refractivity contribution >= 4 is 15.9 Å². The Hall–Kier alpha value is -3.57. The van der Waals surface area contributed by atoms with E-state index in [2.05, 4.69) is 15.0 Å². The second kappa shape index (κ2) is 12.8. The van der Waals surface area contributed by atoms with Crippen molar-refractivity contribution in [3.63, 3.8) is 0 Å². The lowest BCUT2D eigenvalue weighted by Crippen LogP contribution is -2.30. The molecule has 10 nitrogen and oxygen atoms in total. The van der Waals surface area contributed by atoms with Gasteiger partial charge in [0.25, 0.3) is 5.91 Å². The van der Waals surface area contributed by atoms with Crippen LogP contribution < -0.4 is 24.2 Å². The van der Waals surface area contributed by atoms with E-state index >= 15 is 0 Å². The van der Waals surface area contributed by atoms with E-state index in [0.29, 0.717) is 30.2 Å². The molecule has 1 aromatic heterocycles. The number of carbonyl (C=O) groups excluding carboxylic acids is 1. The minimum absolute atomic E-state index is 0.112. The number of benzene rings is 2. The Kier molecular flexibility index (Phi) is 9.50. The van der Waals surface area contributed by atoms with Crippen LogP contribution in [0.15, 0.2) is 66.1 Å². The van der Waals surface area contributed by atoms with Crippen molar-refractivity contribution in [2.45, 2.75) is 24.3 Å². The number of ether oxygens (including phenoxy) is 3. The highest BCUT2D eigenvalue weighted by Crippen LogP contribution is 2.27. The molecular formula is C24H30N4O6S. The first-order valence-corrected chi connectivity index (χ1v) is 12.6. The predicted molar refractivity (Wildman–Crippen MR) is 130 cm³/mol. The molecule has 0 atom stereocenters. The molecule has 1 heterocycles. The van der Waals surface area contributed by atoms with Crippen molar-refractivity contribution in [3.8, 4) is 17.2 Å². The van der Waals surface area contributed by atoms with E-state index in [1.807, 2.05) is 22.9 Å². The van der Waals surface area contributed by atoms with Crippen molar-refractivity contribution in [1.82, 2.24) is 19.6 Å². The molecule has 0 saturated carbocycles. The maximum atomic E-state index is 12.6. The van der Waals surface area contributed by atoms with Gasteiger partial charge >= 0.3 is 0 Å². The quantitative estimate of drug-likeness (QED) is 0.324. The van der Waals surface area contributed by atoms with E-state index < -0.39 is 10.0 Å². The highest BCUT2D eigenvalue weighted by atomic mass is 32.2. The Labute approximate surface area is 205 Å². The molecule has 3 rings (SSSR count). The van der Waals surface area contributed by atoms with Crippen LogP contribution in [-0.4, -0.2) is 57.8 Å². The van der Waals surface area contributed by atoms with Gasteiger partial charge in [0.1, 0.15) is 5.75 Å². The van der Waals surface area contributed by atoms with Crippen LogP contribution in [0.4, 0.5) is 0 Å². The van der Waals surface area contributed by atoms with Crippen LogP contribution in [0.25, 0.3) is 0 Å². The maximum Gasteiger partial charge on any atom is 0.257 e. The molecule has 3 aromatic rings. The first-order valence-electron chi connectivity index (χ1n) is 11.1. The van der Waals surface area contributed by atoms with E-state index in [1.165, 1.54) is 24.3 Å². The lowest BCUT2D eigenvalue weighted by molar-refractivity contribution is -0.123. The minimum atomic E-state index is -3.69. The van der Waals surface area contributed by atoms with E-state index in [0.717, 1.165) is 18.5 Å². The molecule has 2 N–H and O–H groups in total. The van der Waals surface area contributed by atoms with Gasteiger partial charge in [0.2, 0.25) is 10.0 Å². The number of sulfonamides is 1. The molecule has 0 radical (unpaired) electrons. The number of rotatable bonds is 14. The van der Waals surface area contributed by atoms with Crippen LogP contribution in [0.3, 0.4) is 0 Å². The van der Waals surface area contributed by atoms with Gasteiger partial charge in [-0.15, -0.1) is 0 Å². The fourth-order valence-corrected chi connectivity index (χ4v) is 4.30. The second-order valence-corrected chi connectivity index (χ2v) is 9.37. The van der Waals surface area contributed by atoms with Crippen molar-refractivity contribution in [1.29, 1.82) is 0 Å². The van der Waals surface area contributed by atoms with E-state index in [1.54, 1.807) is 32.8 Å². The number of hydrogen-bond donors (Lipinski definition) is 2. The van der Waals surface area contributed by atoms with Crippen molar-refractivity contribution in [2.24, 2.45) is 0 Å². The average molecular weight is 503 g/mol. The lowest BCUT2D eigenvalue weighted by Gasteiger charge is -2.11. The van der Waals surface area contributed by atoms with E-state index in [9.17, 15) is 13.2 Å². The Morgan fingerprint density at radius 2 is 1.80 bits per heavy atom. The summed E-state index contributed by atoms with van der Waals surface area (Å²) in [5.41, 5.74) is 0.911. The highest BCUT2D eigenvalue weighted by Gasteiger charge is 2.14. The molecule has 188 valence electrons. The monoisotopic (exact) mass is 502 g/mol. The third-order valence-corrected chi connectivity index (χ3v) is 6.61. The zero-order chi connectivity index (χ0) is 25.1. The zero-order valence-electron chi connectivity index (χ0n) is 19.8. The van der Waals surface area contributed by atoms with Crippen LogP contribution in [0, 0.1) is 0 Å². The summed E-state index contributed by atoms with van der Waals surface area (Å²) in [5, 5.41) is 2.78. The molecule has 0 unspecified atom stereocenters. The molecule has 2 aromatic carbocycles. The third kappa shape index (κ3) is 8.01. The molecule has 11 heteroatoms. The number of aromatic nitrogens is 2. The van der Waals surface area contributed by atoms with Gasteiger partial charge in [0.15, 0.2) is 18.1 Å². The van der Waals surface area contributed by atoms with Crippen LogP contribution in [0.1, 0.15) is 12.0 Å². The normalized spacial score (nSPS) is 11.1. The largest absolute Gasteiger partial charge is 0.493 e. The van der Waals surface area contributed by atoms with Crippen LogP contribution in [-0.2, 0) is 27.8 Å². The molecule has 0 aliphatic carbocycles. The van der Waals surface area contributed by atoms with Crippen molar-refractivity contribution in [2.75, 3.05) is 33.9 Å². The fraction of sp³-hybridized carbons (Fsp3) is 0.333. The zero-order valence-corrected chi connectivity index (χ0v) is 20.6.